The minimum atomic E-state index is -0.123. The van der Waals surface area contributed by atoms with E-state index in [0.29, 0.717) is 18.0 Å². The molecule has 7 nitrogen and oxygen atoms in total. The molecule has 1 aromatic carbocycles. The van der Waals surface area contributed by atoms with E-state index in [-0.39, 0.29) is 30.4 Å². The van der Waals surface area contributed by atoms with Crippen LogP contribution in [0.5, 0.6) is 5.75 Å². The van der Waals surface area contributed by atoms with E-state index in [4.69, 9.17) is 20.4 Å². The van der Waals surface area contributed by atoms with E-state index in [2.05, 4.69) is 10.5 Å². The first kappa shape index (κ1) is 15.1. The van der Waals surface area contributed by atoms with Crippen LogP contribution in [0, 0.1) is 5.92 Å². The number of amides is 1. The van der Waals surface area contributed by atoms with Gasteiger partial charge in [0, 0.05) is 11.8 Å². The number of rotatable bonds is 5. The number of carbonyl (C=O) groups is 1. The first-order valence-corrected chi connectivity index (χ1v) is 6.70. The lowest BCUT2D eigenvalue weighted by atomic mass is 10.1. The van der Waals surface area contributed by atoms with Crippen molar-refractivity contribution < 1.29 is 19.5 Å². The minimum Gasteiger partial charge on any atom is -0.485 e. The summed E-state index contributed by atoms with van der Waals surface area (Å²) in [6.45, 7) is 2.38. The van der Waals surface area contributed by atoms with Gasteiger partial charge in [-0.05, 0) is 25.5 Å². The van der Waals surface area contributed by atoms with Gasteiger partial charge < -0.3 is 25.7 Å². The van der Waals surface area contributed by atoms with Crippen LogP contribution in [0.4, 0.5) is 5.69 Å². The molecule has 2 atom stereocenters. The van der Waals surface area contributed by atoms with Crippen molar-refractivity contribution in [2.24, 2.45) is 16.8 Å². The first-order valence-electron chi connectivity index (χ1n) is 6.70. The average Bonchev–Trinajstić information content (AvgIpc) is 2.92. The molecule has 0 aliphatic carbocycles. The fraction of sp³-hybridized carbons (Fsp3) is 0.429. The van der Waals surface area contributed by atoms with Crippen LogP contribution in [0.25, 0.3) is 0 Å². The zero-order valence-corrected chi connectivity index (χ0v) is 11.8. The molecule has 0 aromatic heterocycles. The number of nitrogens with one attached hydrogen (secondary N) is 1. The van der Waals surface area contributed by atoms with E-state index in [9.17, 15) is 4.79 Å². The molecule has 1 saturated heterocycles. The second kappa shape index (κ2) is 6.94. The van der Waals surface area contributed by atoms with Gasteiger partial charge in [0.1, 0.15) is 12.4 Å². The Balaban J connectivity index is 1.93. The van der Waals surface area contributed by atoms with Crippen molar-refractivity contribution in [3.8, 4) is 5.75 Å². The molecule has 7 heteroatoms. The van der Waals surface area contributed by atoms with E-state index in [1.807, 2.05) is 6.92 Å². The van der Waals surface area contributed by atoms with Crippen molar-refractivity contribution in [1.29, 1.82) is 0 Å². The van der Waals surface area contributed by atoms with Gasteiger partial charge in [0.2, 0.25) is 5.91 Å². The van der Waals surface area contributed by atoms with Crippen LogP contribution in [0.15, 0.2) is 29.4 Å². The van der Waals surface area contributed by atoms with E-state index in [1.165, 1.54) is 0 Å². The second-order valence-corrected chi connectivity index (χ2v) is 4.97. The third-order valence-electron chi connectivity index (χ3n) is 3.19. The molecule has 1 aliphatic rings. The van der Waals surface area contributed by atoms with Gasteiger partial charge in [-0.3, -0.25) is 4.79 Å². The molecule has 0 spiro atoms. The molecule has 1 fully saturated rings. The Bertz CT molecular complexity index is 533. The number of nitrogens with zero attached hydrogens (tertiary/aromatic N) is 1. The van der Waals surface area contributed by atoms with Gasteiger partial charge >= 0.3 is 0 Å². The highest BCUT2D eigenvalue weighted by atomic mass is 16.5. The summed E-state index contributed by atoms with van der Waals surface area (Å²) >= 11 is 0. The second-order valence-electron chi connectivity index (χ2n) is 4.97. The molecule has 0 radical (unpaired) electrons. The van der Waals surface area contributed by atoms with Crippen molar-refractivity contribution in [3.63, 3.8) is 0 Å². The Kier molecular flexibility index (Phi) is 4.99. The number of carbonyl (C=O) groups excluding carboxylic acids is 1. The van der Waals surface area contributed by atoms with Crippen molar-refractivity contribution in [1.82, 2.24) is 0 Å². The lowest BCUT2D eigenvalue weighted by molar-refractivity contribution is -0.119. The molecule has 1 aliphatic heterocycles. The largest absolute Gasteiger partial charge is 0.485 e. The predicted octanol–water partition coefficient (Wildman–Crippen LogP) is 1.18. The average molecular weight is 293 g/mol. The van der Waals surface area contributed by atoms with Crippen molar-refractivity contribution in [2.75, 3.05) is 18.5 Å². The Morgan fingerprint density at radius 2 is 2.43 bits per heavy atom. The maximum absolute atomic E-state index is 12.1. The minimum absolute atomic E-state index is 0.0259. The Labute approximate surface area is 122 Å². The number of amidine groups is 1. The maximum Gasteiger partial charge on any atom is 0.229 e. The molecule has 1 heterocycles. The van der Waals surface area contributed by atoms with Gasteiger partial charge in [0.05, 0.1) is 18.6 Å². The van der Waals surface area contributed by atoms with E-state index in [1.54, 1.807) is 24.3 Å². The standard InChI is InChI=1S/C14H19N3O4/c1-9-5-10(7-20-9)14(18)16-11-3-2-4-12(6-11)21-8-13(15)17-19/h2-4,6,9-10,19H,5,7-8H2,1H3,(H2,15,17)(H,16,18). The monoisotopic (exact) mass is 293 g/mol. The summed E-state index contributed by atoms with van der Waals surface area (Å²) in [5, 5.41) is 14.1. The number of oxime groups is 1. The Morgan fingerprint density at radius 3 is 3.10 bits per heavy atom. The van der Waals surface area contributed by atoms with Crippen molar-refractivity contribution >= 4 is 17.4 Å². The predicted molar refractivity (Wildman–Crippen MR) is 77.5 cm³/mol. The molecular formula is C14H19N3O4. The number of benzene rings is 1. The van der Waals surface area contributed by atoms with E-state index >= 15 is 0 Å². The number of hydrogen-bond acceptors (Lipinski definition) is 5. The Hall–Kier alpha value is -2.28. The summed E-state index contributed by atoms with van der Waals surface area (Å²) in [5.74, 6) is 0.312. The molecule has 21 heavy (non-hydrogen) atoms. The highest BCUT2D eigenvalue weighted by Gasteiger charge is 2.28. The highest BCUT2D eigenvalue weighted by Crippen LogP contribution is 2.22. The summed E-state index contributed by atoms with van der Waals surface area (Å²) in [5.41, 5.74) is 5.96. The molecule has 114 valence electrons. The zero-order chi connectivity index (χ0) is 15.2. The van der Waals surface area contributed by atoms with Crippen LogP contribution in [-0.4, -0.2) is 36.3 Å². The molecule has 4 N–H and O–H groups in total. The summed E-state index contributed by atoms with van der Waals surface area (Å²) in [6.07, 6.45) is 0.849. The quantitative estimate of drug-likeness (QED) is 0.327. The van der Waals surface area contributed by atoms with Crippen LogP contribution in [0.2, 0.25) is 0 Å². The lowest BCUT2D eigenvalue weighted by Crippen LogP contribution is -2.23. The van der Waals surface area contributed by atoms with Gasteiger partial charge in [-0.15, -0.1) is 0 Å². The summed E-state index contributed by atoms with van der Waals surface area (Å²) in [6, 6.07) is 6.93. The fourth-order valence-electron chi connectivity index (χ4n) is 2.09. The van der Waals surface area contributed by atoms with Gasteiger partial charge in [-0.1, -0.05) is 11.2 Å². The summed E-state index contributed by atoms with van der Waals surface area (Å²) in [4.78, 5) is 12.1. The molecule has 1 aromatic rings. The topological polar surface area (TPSA) is 106 Å². The van der Waals surface area contributed by atoms with Crippen LogP contribution in [0.3, 0.4) is 0 Å². The SMILES string of the molecule is CC1CC(C(=O)Nc2cccc(OC/C(N)=N/O)c2)CO1. The van der Waals surface area contributed by atoms with Crippen LogP contribution < -0.4 is 15.8 Å². The maximum atomic E-state index is 12.1. The highest BCUT2D eigenvalue weighted by molar-refractivity contribution is 5.93. The Morgan fingerprint density at radius 1 is 1.62 bits per heavy atom. The fourth-order valence-corrected chi connectivity index (χ4v) is 2.09. The van der Waals surface area contributed by atoms with E-state index in [0.717, 1.165) is 6.42 Å². The molecular weight excluding hydrogens is 274 g/mol. The third-order valence-corrected chi connectivity index (χ3v) is 3.19. The van der Waals surface area contributed by atoms with Crippen molar-refractivity contribution in [2.45, 2.75) is 19.4 Å². The number of hydrogen-bond donors (Lipinski definition) is 3. The molecule has 0 bridgehead atoms. The summed E-state index contributed by atoms with van der Waals surface area (Å²) in [7, 11) is 0. The van der Waals surface area contributed by atoms with E-state index < -0.39 is 0 Å². The molecule has 0 saturated carbocycles. The molecule has 2 unspecified atom stereocenters. The third kappa shape index (κ3) is 4.35. The summed E-state index contributed by atoms with van der Waals surface area (Å²) < 4.78 is 10.7. The van der Waals surface area contributed by atoms with Gasteiger partial charge in [0.15, 0.2) is 5.84 Å². The van der Waals surface area contributed by atoms with Crippen LogP contribution >= 0.6 is 0 Å². The lowest BCUT2D eigenvalue weighted by Gasteiger charge is -2.11. The molecule has 2 rings (SSSR count). The van der Waals surface area contributed by atoms with Gasteiger partial charge in [-0.2, -0.15) is 0 Å². The van der Waals surface area contributed by atoms with Crippen molar-refractivity contribution in [3.05, 3.63) is 24.3 Å². The smallest absolute Gasteiger partial charge is 0.229 e. The van der Waals surface area contributed by atoms with Crippen LogP contribution in [-0.2, 0) is 9.53 Å². The van der Waals surface area contributed by atoms with Gasteiger partial charge in [-0.25, -0.2) is 0 Å². The number of nitrogens with two attached hydrogens (primary N) is 1. The number of anilines is 1. The van der Waals surface area contributed by atoms with Crippen LogP contribution in [0.1, 0.15) is 13.3 Å². The normalized spacial score (nSPS) is 22.0. The molecule has 1 amide bonds. The first-order chi connectivity index (χ1) is 10.1. The zero-order valence-electron chi connectivity index (χ0n) is 11.8. The number of ether oxygens (including phenoxy) is 2. The van der Waals surface area contributed by atoms with Gasteiger partial charge in [0.25, 0.3) is 0 Å².